The highest BCUT2D eigenvalue weighted by Gasteiger charge is 2.30. The lowest BCUT2D eigenvalue weighted by Crippen LogP contribution is -2.40. The second-order valence-electron chi connectivity index (χ2n) is 3.96. The van der Waals surface area contributed by atoms with Crippen LogP contribution in [-0.4, -0.2) is 31.3 Å². The summed E-state index contributed by atoms with van der Waals surface area (Å²) in [5.74, 6) is 0.902. The van der Waals surface area contributed by atoms with Crippen molar-refractivity contribution < 1.29 is 18.3 Å². The number of nitrogens with one attached hydrogen (secondary N) is 1. The van der Waals surface area contributed by atoms with Crippen molar-refractivity contribution in [3.63, 3.8) is 0 Å². The Hall–Kier alpha value is -1.36. The van der Waals surface area contributed by atoms with E-state index in [0.29, 0.717) is 17.1 Å². The first-order valence-corrected chi connectivity index (χ1v) is 5.17. The predicted octanol–water partition coefficient (Wildman–Crippen LogP) is 1.36. The molecule has 1 fully saturated rings. The fourth-order valence-electron chi connectivity index (χ4n) is 1.76. The molecule has 0 radical (unpaired) electrons. The fraction of sp³-hybridized carbons (Fsp3) is 0.545. The normalized spacial score (nSPS) is 24.7. The van der Waals surface area contributed by atoms with E-state index in [9.17, 15) is 9.18 Å². The van der Waals surface area contributed by atoms with Crippen molar-refractivity contribution in [3.05, 3.63) is 23.2 Å². The maximum Gasteiger partial charge on any atom is 0.255 e. The molecule has 1 N–H and O–H groups in total. The van der Waals surface area contributed by atoms with Crippen LogP contribution in [0.4, 0.5) is 4.39 Å². The molecule has 1 saturated heterocycles. The molecule has 4 nitrogen and oxygen atoms in total. The number of aryl methyl sites for hydroxylation is 2. The highest BCUT2D eigenvalue weighted by molar-refractivity contribution is 5.95. The molecule has 88 valence electrons. The van der Waals surface area contributed by atoms with Gasteiger partial charge >= 0.3 is 0 Å². The monoisotopic (exact) mass is 227 g/mol. The number of hydrogen-bond acceptors (Lipinski definition) is 3. The summed E-state index contributed by atoms with van der Waals surface area (Å²) in [4.78, 5) is 11.8. The molecular formula is C11H14FNO3. The molecular weight excluding hydrogens is 213 g/mol. The molecule has 2 rings (SSSR count). The summed E-state index contributed by atoms with van der Waals surface area (Å²) in [5.41, 5.74) is 0.455. The number of rotatable bonds is 2. The SMILES string of the molecule is Cc1cc(C(=O)NC2COCC2F)c(C)o1. The molecule has 16 heavy (non-hydrogen) atoms. The van der Waals surface area contributed by atoms with Crippen molar-refractivity contribution >= 4 is 5.91 Å². The van der Waals surface area contributed by atoms with E-state index in [2.05, 4.69) is 5.32 Å². The van der Waals surface area contributed by atoms with Gasteiger partial charge in [0.05, 0.1) is 24.8 Å². The van der Waals surface area contributed by atoms with Crippen LogP contribution < -0.4 is 5.32 Å². The summed E-state index contributed by atoms with van der Waals surface area (Å²) in [6.45, 7) is 3.75. The Kier molecular flexibility index (Phi) is 2.96. The second-order valence-corrected chi connectivity index (χ2v) is 3.96. The Balaban J connectivity index is 2.05. The zero-order valence-corrected chi connectivity index (χ0v) is 9.25. The van der Waals surface area contributed by atoms with E-state index in [1.54, 1.807) is 19.9 Å². The van der Waals surface area contributed by atoms with Gasteiger partial charge in [-0.25, -0.2) is 4.39 Å². The van der Waals surface area contributed by atoms with Crippen LogP contribution in [0, 0.1) is 13.8 Å². The average Bonchev–Trinajstić information content (AvgIpc) is 2.74. The van der Waals surface area contributed by atoms with Crippen LogP contribution in [0.5, 0.6) is 0 Å². The summed E-state index contributed by atoms with van der Waals surface area (Å²) in [6.07, 6.45) is -1.13. The summed E-state index contributed by atoms with van der Waals surface area (Å²) in [6, 6.07) is 1.09. The number of alkyl halides is 1. The lowest BCUT2D eigenvalue weighted by Gasteiger charge is -2.12. The fourth-order valence-corrected chi connectivity index (χ4v) is 1.76. The van der Waals surface area contributed by atoms with Gasteiger partial charge in [-0.05, 0) is 19.9 Å². The first kappa shape index (κ1) is 11.1. The number of amides is 1. The molecule has 1 amide bonds. The van der Waals surface area contributed by atoms with Crippen LogP contribution in [0.25, 0.3) is 0 Å². The van der Waals surface area contributed by atoms with Crippen LogP contribution in [-0.2, 0) is 4.74 Å². The maximum absolute atomic E-state index is 13.2. The maximum atomic E-state index is 13.2. The molecule has 2 atom stereocenters. The minimum atomic E-state index is -1.13. The standard InChI is InChI=1S/C11H14FNO3/c1-6-3-8(7(2)16-6)11(14)13-10-5-15-4-9(10)12/h3,9-10H,4-5H2,1-2H3,(H,13,14). The van der Waals surface area contributed by atoms with Gasteiger partial charge in [-0.1, -0.05) is 0 Å². The van der Waals surface area contributed by atoms with Gasteiger partial charge in [0.25, 0.3) is 5.91 Å². The molecule has 0 aliphatic carbocycles. The Labute approximate surface area is 92.8 Å². The Bertz CT molecular complexity index is 402. The van der Waals surface area contributed by atoms with Crippen molar-refractivity contribution in [3.8, 4) is 0 Å². The highest BCUT2D eigenvalue weighted by Crippen LogP contribution is 2.15. The van der Waals surface area contributed by atoms with Crippen LogP contribution in [0.15, 0.2) is 10.5 Å². The third-order valence-corrected chi connectivity index (χ3v) is 2.61. The number of carbonyl (C=O) groups excluding carboxylic acids is 1. The third kappa shape index (κ3) is 2.09. The largest absolute Gasteiger partial charge is 0.466 e. The predicted molar refractivity (Wildman–Crippen MR) is 55.2 cm³/mol. The van der Waals surface area contributed by atoms with Gasteiger partial charge in [0, 0.05) is 0 Å². The number of furan rings is 1. The molecule has 2 unspecified atom stereocenters. The van der Waals surface area contributed by atoms with Gasteiger partial charge in [0.1, 0.15) is 17.7 Å². The summed E-state index contributed by atoms with van der Waals surface area (Å²) in [7, 11) is 0. The zero-order chi connectivity index (χ0) is 11.7. The first-order chi connectivity index (χ1) is 7.58. The number of ether oxygens (including phenoxy) is 1. The molecule has 2 heterocycles. The van der Waals surface area contributed by atoms with Crippen LogP contribution in [0.1, 0.15) is 21.9 Å². The molecule has 1 aliphatic rings. The van der Waals surface area contributed by atoms with Crippen molar-refractivity contribution in [1.82, 2.24) is 5.32 Å². The van der Waals surface area contributed by atoms with Gasteiger partial charge in [0.2, 0.25) is 0 Å². The smallest absolute Gasteiger partial charge is 0.255 e. The summed E-state index contributed by atoms with van der Waals surface area (Å²) >= 11 is 0. The number of carbonyl (C=O) groups is 1. The van der Waals surface area contributed by atoms with E-state index in [4.69, 9.17) is 9.15 Å². The third-order valence-electron chi connectivity index (χ3n) is 2.61. The second kappa shape index (κ2) is 4.25. The van der Waals surface area contributed by atoms with Crippen molar-refractivity contribution in [2.75, 3.05) is 13.2 Å². The summed E-state index contributed by atoms with van der Waals surface area (Å²) in [5, 5.41) is 2.60. The molecule has 1 aliphatic heterocycles. The first-order valence-electron chi connectivity index (χ1n) is 5.17. The van der Waals surface area contributed by atoms with Gasteiger partial charge in [-0.2, -0.15) is 0 Å². The zero-order valence-electron chi connectivity index (χ0n) is 9.25. The van der Waals surface area contributed by atoms with Gasteiger partial charge in [0.15, 0.2) is 0 Å². The van der Waals surface area contributed by atoms with Crippen LogP contribution in [0.2, 0.25) is 0 Å². The highest BCUT2D eigenvalue weighted by atomic mass is 19.1. The Morgan fingerprint density at radius 2 is 2.25 bits per heavy atom. The Morgan fingerprint density at radius 1 is 1.50 bits per heavy atom. The molecule has 5 heteroatoms. The van der Waals surface area contributed by atoms with Crippen molar-refractivity contribution in [2.24, 2.45) is 0 Å². The van der Waals surface area contributed by atoms with Crippen LogP contribution in [0.3, 0.4) is 0 Å². The molecule has 1 aromatic rings. The Morgan fingerprint density at radius 3 is 2.75 bits per heavy atom. The lowest BCUT2D eigenvalue weighted by atomic mass is 10.2. The van der Waals surface area contributed by atoms with E-state index >= 15 is 0 Å². The molecule has 0 bridgehead atoms. The average molecular weight is 227 g/mol. The minimum absolute atomic E-state index is 0.0499. The van der Waals surface area contributed by atoms with Crippen molar-refractivity contribution in [2.45, 2.75) is 26.1 Å². The van der Waals surface area contributed by atoms with Crippen LogP contribution >= 0.6 is 0 Å². The molecule has 0 aromatic carbocycles. The van der Waals surface area contributed by atoms with E-state index < -0.39 is 12.2 Å². The molecule has 1 aromatic heterocycles. The van der Waals surface area contributed by atoms with E-state index in [0.717, 1.165) is 0 Å². The lowest BCUT2D eigenvalue weighted by molar-refractivity contribution is 0.0919. The quantitative estimate of drug-likeness (QED) is 0.830. The number of hydrogen-bond donors (Lipinski definition) is 1. The molecule has 0 spiro atoms. The topological polar surface area (TPSA) is 51.5 Å². The van der Waals surface area contributed by atoms with Gasteiger partial charge in [-0.3, -0.25) is 4.79 Å². The van der Waals surface area contributed by atoms with Gasteiger partial charge in [-0.15, -0.1) is 0 Å². The van der Waals surface area contributed by atoms with Crippen molar-refractivity contribution in [1.29, 1.82) is 0 Å². The van der Waals surface area contributed by atoms with Gasteiger partial charge < -0.3 is 14.5 Å². The number of halogens is 1. The van der Waals surface area contributed by atoms with E-state index in [1.165, 1.54) is 0 Å². The molecule has 0 saturated carbocycles. The van der Waals surface area contributed by atoms with E-state index in [1.807, 2.05) is 0 Å². The summed E-state index contributed by atoms with van der Waals surface area (Å²) < 4.78 is 23.4. The minimum Gasteiger partial charge on any atom is -0.466 e. The van der Waals surface area contributed by atoms with E-state index in [-0.39, 0.29) is 19.1 Å².